The van der Waals surface area contributed by atoms with Gasteiger partial charge in [-0.05, 0) is 30.8 Å². The lowest BCUT2D eigenvalue weighted by Crippen LogP contribution is -2.10. The first-order valence-corrected chi connectivity index (χ1v) is 7.56. The van der Waals surface area contributed by atoms with Gasteiger partial charge in [-0.2, -0.15) is 0 Å². The minimum atomic E-state index is 0.752. The lowest BCUT2D eigenvalue weighted by atomic mass is 10.4. The van der Waals surface area contributed by atoms with Crippen LogP contribution in [0.1, 0.15) is 18.4 Å². The number of thioether (sulfide) groups is 1. The van der Waals surface area contributed by atoms with E-state index in [0.29, 0.717) is 0 Å². The van der Waals surface area contributed by atoms with E-state index in [9.17, 15) is 0 Å². The Morgan fingerprint density at radius 2 is 2.10 bits per heavy atom. The van der Waals surface area contributed by atoms with Crippen molar-refractivity contribution >= 4 is 17.4 Å². The highest BCUT2D eigenvalue weighted by Gasteiger charge is 2.07. The molecule has 0 aliphatic carbocycles. The van der Waals surface area contributed by atoms with Gasteiger partial charge in [0, 0.05) is 6.20 Å². The lowest BCUT2D eigenvalue weighted by Gasteiger charge is -1.99. The highest BCUT2D eigenvalue weighted by atomic mass is 32.2. The molecule has 6 heteroatoms. The first kappa shape index (κ1) is 13.2. The molecule has 0 aromatic carbocycles. The Kier molecular flexibility index (Phi) is 4.03. The average molecular weight is 288 g/mol. The minimum Gasteiger partial charge on any atom is -0.464 e. The third kappa shape index (κ3) is 2.86. The van der Waals surface area contributed by atoms with Crippen molar-refractivity contribution in [2.24, 2.45) is 0 Å². The summed E-state index contributed by atoms with van der Waals surface area (Å²) in [5, 5.41) is 12.4. The molecule has 3 aromatic heterocycles. The Bertz CT molecular complexity index is 691. The first-order chi connectivity index (χ1) is 9.86. The minimum absolute atomic E-state index is 0.752. The molecule has 0 atom stereocenters. The van der Waals surface area contributed by atoms with Crippen LogP contribution in [-0.4, -0.2) is 21.1 Å². The molecule has 3 heterocycles. The predicted octanol–water partition coefficient (Wildman–Crippen LogP) is 2.72. The van der Waals surface area contributed by atoms with E-state index in [1.807, 2.05) is 40.9 Å². The maximum atomic E-state index is 5.76. The van der Waals surface area contributed by atoms with Crippen LogP contribution in [-0.2, 0) is 12.3 Å². The summed E-state index contributed by atoms with van der Waals surface area (Å²) >= 11 is 1.62. The average Bonchev–Trinajstić information content (AvgIpc) is 3.10. The van der Waals surface area contributed by atoms with Gasteiger partial charge in [-0.1, -0.05) is 24.8 Å². The Balaban J connectivity index is 1.65. The summed E-state index contributed by atoms with van der Waals surface area (Å²) in [5.41, 5.74) is 0.863. The van der Waals surface area contributed by atoms with E-state index in [2.05, 4.69) is 22.4 Å². The molecular formula is C14H16N4OS. The predicted molar refractivity (Wildman–Crippen MR) is 78.6 cm³/mol. The molecule has 3 aromatic rings. The molecule has 0 bridgehead atoms. The summed E-state index contributed by atoms with van der Waals surface area (Å²) in [5.74, 6) is 2.67. The van der Waals surface area contributed by atoms with Crippen LogP contribution in [0.15, 0.2) is 46.1 Å². The van der Waals surface area contributed by atoms with Crippen LogP contribution in [0.4, 0.5) is 0 Å². The third-order valence-corrected chi connectivity index (χ3v) is 3.86. The van der Waals surface area contributed by atoms with Crippen molar-refractivity contribution < 1.29 is 4.42 Å². The fourth-order valence-corrected chi connectivity index (χ4v) is 2.72. The third-order valence-electron chi connectivity index (χ3n) is 2.89. The van der Waals surface area contributed by atoms with Gasteiger partial charge in [-0.25, -0.2) is 0 Å². The molecule has 0 radical (unpaired) electrons. The summed E-state index contributed by atoms with van der Waals surface area (Å²) in [6.45, 7) is 3.79. The largest absolute Gasteiger partial charge is 0.464 e. The van der Waals surface area contributed by atoms with Crippen LogP contribution >= 0.6 is 11.8 Å². The van der Waals surface area contributed by atoms with Crippen LogP contribution in [0, 0.1) is 0 Å². The van der Waals surface area contributed by atoms with Gasteiger partial charge in [0.05, 0.1) is 12.3 Å². The molecule has 5 nitrogen and oxygen atoms in total. The van der Waals surface area contributed by atoms with E-state index in [0.717, 1.165) is 41.2 Å². The highest BCUT2D eigenvalue weighted by molar-refractivity contribution is 7.98. The topological polar surface area (TPSA) is 55.4 Å². The molecule has 0 aliphatic heterocycles. The number of hydrogen-bond donors (Lipinski definition) is 1. The zero-order chi connectivity index (χ0) is 13.8. The van der Waals surface area contributed by atoms with Crippen LogP contribution in [0.2, 0.25) is 0 Å². The molecular weight excluding hydrogens is 272 g/mol. The SMILES string of the molecule is CCNCc1ccc(CSc2nnc3ccccn23)o1. The molecule has 3 rings (SSSR count). The van der Waals surface area contributed by atoms with Crippen LogP contribution in [0.5, 0.6) is 0 Å². The van der Waals surface area contributed by atoms with Crippen molar-refractivity contribution in [2.75, 3.05) is 6.54 Å². The quantitative estimate of drug-likeness (QED) is 0.707. The van der Waals surface area contributed by atoms with Gasteiger partial charge in [0.25, 0.3) is 0 Å². The number of pyridine rings is 1. The van der Waals surface area contributed by atoms with Crippen molar-refractivity contribution in [3.63, 3.8) is 0 Å². The molecule has 1 N–H and O–H groups in total. The Hall–Kier alpha value is -1.79. The van der Waals surface area contributed by atoms with Crippen molar-refractivity contribution in [3.05, 3.63) is 48.0 Å². The van der Waals surface area contributed by atoms with Gasteiger partial charge in [-0.15, -0.1) is 10.2 Å². The van der Waals surface area contributed by atoms with E-state index < -0.39 is 0 Å². The van der Waals surface area contributed by atoms with E-state index in [1.54, 1.807) is 11.8 Å². The first-order valence-electron chi connectivity index (χ1n) is 6.57. The number of hydrogen-bond acceptors (Lipinski definition) is 5. The van der Waals surface area contributed by atoms with Crippen LogP contribution in [0.25, 0.3) is 5.65 Å². The normalized spacial score (nSPS) is 11.2. The Morgan fingerprint density at radius 3 is 3.00 bits per heavy atom. The van der Waals surface area contributed by atoms with E-state index >= 15 is 0 Å². The summed E-state index contributed by atoms with van der Waals surface area (Å²) in [6, 6.07) is 9.90. The second-order valence-electron chi connectivity index (χ2n) is 4.35. The number of nitrogens with one attached hydrogen (secondary N) is 1. The van der Waals surface area contributed by atoms with Gasteiger partial charge in [0.2, 0.25) is 0 Å². The summed E-state index contributed by atoms with van der Waals surface area (Å²) < 4.78 is 7.73. The second-order valence-corrected chi connectivity index (χ2v) is 5.29. The van der Waals surface area contributed by atoms with Gasteiger partial charge < -0.3 is 9.73 Å². The van der Waals surface area contributed by atoms with E-state index in [-0.39, 0.29) is 0 Å². The maximum absolute atomic E-state index is 5.76. The van der Waals surface area contributed by atoms with Gasteiger partial charge >= 0.3 is 0 Å². The fourth-order valence-electron chi connectivity index (χ4n) is 1.90. The molecule has 0 amide bonds. The summed E-state index contributed by atoms with van der Waals surface area (Å²) in [4.78, 5) is 0. The summed E-state index contributed by atoms with van der Waals surface area (Å²) in [7, 11) is 0. The second kappa shape index (κ2) is 6.11. The van der Waals surface area contributed by atoms with Crippen molar-refractivity contribution in [2.45, 2.75) is 24.4 Å². The van der Waals surface area contributed by atoms with E-state index in [1.165, 1.54) is 0 Å². The molecule has 0 saturated carbocycles. The molecule has 0 spiro atoms. The highest BCUT2D eigenvalue weighted by Crippen LogP contribution is 2.22. The van der Waals surface area contributed by atoms with Gasteiger partial charge in [-0.3, -0.25) is 4.40 Å². The number of fused-ring (bicyclic) bond motifs is 1. The fraction of sp³-hybridized carbons (Fsp3) is 0.286. The number of furan rings is 1. The van der Waals surface area contributed by atoms with Gasteiger partial charge in [0.1, 0.15) is 11.5 Å². The smallest absolute Gasteiger partial charge is 0.196 e. The standard InChI is InChI=1S/C14H16N4OS/c1-2-15-9-11-6-7-12(19-11)10-20-14-17-16-13-5-3-4-8-18(13)14/h3-8,15H,2,9-10H2,1H3. The van der Waals surface area contributed by atoms with Gasteiger partial charge in [0.15, 0.2) is 10.8 Å². The molecule has 104 valence electrons. The lowest BCUT2D eigenvalue weighted by molar-refractivity contribution is 0.462. The monoisotopic (exact) mass is 288 g/mol. The van der Waals surface area contributed by atoms with Crippen LogP contribution in [0.3, 0.4) is 0 Å². The molecule has 20 heavy (non-hydrogen) atoms. The molecule has 0 unspecified atom stereocenters. The number of nitrogens with zero attached hydrogens (tertiary/aromatic N) is 3. The van der Waals surface area contributed by atoms with E-state index in [4.69, 9.17) is 4.42 Å². The Labute approximate surface area is 121 Å². The molecule has 0 fully saturated rings. The van der Waals surface area contributed by atoms with Crippen molar-refractivity contribution in [1.82, 2.24) is 19.9 Å². The van der Waals surface area contributed by atoms with Crippen LogP contribution < -0.4 is 5.32 Å². The number of aromatic nitrogens is 3. The maximum Gasteiger partial charge on any atom is 0.196 e. The molecule has 0 saturated heterocycles. The number of rotatable bonds is 6. The zero-order valence-corrected chi connectivity index (χ0v) is 12.1. The summed E-state index contributed by atoms with van der Waals surface area (Å²) in [6.07, 6.45) is 1.97. The van der Waals surface area contributed by atoms with Crippen molar-refractivity contribution in [3.8, 4) is 0 Å². The Morgan fingerprint density at radius 1 is 1.20 bits per heavy atom. The van der Waals surface area contributed by atoms with Crippen molar-refractivity contribution in [1.29, 1.82) is 0 Å². The zero-order valence-electron chi connectivity index (χ0n) is 11.2. The molecule has 0 aliphatic rings.